The summed E-state index contributed by atoms with van der Waals surface area (Å²) in [4.78, 5) is 0. The van der Waals surface area contributed by atoms with Crippen LogP contribution in [0.3, 0.4) is 0 Å². The molecule has 162 valence electrons. The standard InChI is InChI=1S/C26H38F2O/c1-2-3-4-5-6-7-20-8-10-21(11-9-20)22-12-14-23(15-13-22)24-16-18-25(19-17-24)29-26(27)28/h14,16-22,26H,2-13,15H2,1H3. The first kappa shape index (κ1) is 22.3. The summed E-state index contributed by atoms with van der Waals surface area (Å²) in [6, 6.07) is 7.13. The van der Waals surface area contributed by atoms with Crippen molar-refractivity contribution in [2.24, 2.45) is 17.8 Å². The molecule has 0 amide bonds. The van der Waals surface area contributed by atoms with E-state index in [2.05, 4.69) is 17.7 Å². The van der Waals surface area contributed by atoms with Gasteiger partial charge in [0, 0.05) is 0 Å². The van der Waals surface area contributed by atoms with E-state index in [1.807, 2.05) is 12.1 Å². The normalized spacial score (nSPS) is 25.1. The van der Waals surface area contributed by atoms with Crippen LogP contribution >= 0.6 is 0 Å². The number of benzene rings is 1. The lowest BCUT2D eigenvalue weighted by atomic mass is 9.70. The fraction of sp³-hybridized carbons (Fsp3) is 0.692. The van der Waals surface area contributed by atoms with Gasteiger partial charge in [0.15, 0.2) is 0 Å². The third kappa shape index (κ3) is 7.12. The maximum atomic E-state index is 12.3. The van der Waals surface area contributed by atoms with E-state index in [0.29, 0.717) is 0 Å². The van der Waals surface area contributed by atoms with Crippen molar-refractivity contribution >= 4 is 5.57 Å². The van der Waals surface area contributed by atoms with Gasteiger partial charge in [-0.05, 0) is 73.1 Å². The molecule has 1 nitrogen and oxygen atoms in total. The van der Waals surface area contributed by atoms with Gasteiger partial charge in [0.1, 0.15) is 5.75 Å². The first-order valence-corrected chi connectivity index (χ1v) is 11.9. The first-order valence-electron chi connectivity index (χ1n) is 11.9. The molecule has 0 N–H and O–H groups in total. The van der Waals surface area contributed by atoms with Gasteiger partial charge in [-0.1, -0.05) is 76.5 Å². The van der Waals surface area contributed by atoms with Crippen molar-refractivity contribution in [3.63, 3.8) is 0 Å². The highest BCUT2D eigenvalue weighted by atomic mass is 19.3. The summed E-state index contributed by atoms with van der Waals surface area (Å²) in [7, 11) is 0. The van der Waals surface area contributed by atoms with Gasteiger partial charge in [0.2, 0.25) is 0 Å². The van der Waals surface area contributed by atoms with Crippen LogP contribution in [-0.4, -0.2) is 6.61 Å². The third-order valence-corrected chi connectivity index (χ3v) is 7.18. The summed E-state index contributed by atoms with van der Waals surface area (Å²) in [6.07, 6.45) is 20.2. The molecule has 1 saturated carbocycles. The Morgan fingerprint density at radius 1 is 0.897 bits per heavy atom. The molecule has 0 aromatic heterocycles. The first-order chi connectivity index (χ1) is 14.2. The van der Waals surface area contributed by atoms with Crippen molar-refractivity contribution in [3.8, 4) is 5.75 Å². The van der Waals surface area contributed by atoms with E-state index >= 15 is 0 Å². The smallest absolute Gasteiger partial charge is 0.387 e. The Bertz CT molecular complexity index is 614. The minimum Gasteiger partial charge on any atom is -0.435 e. The highest BCUT2D eigenvalue weighted by Crippen LogP contribution is 2.42. The van der Waals surface area contributed by atoms with Crippen LogP contribution in [0.1, 0.15) is 96.0 Å². The average molecular weight is 405 g/mol. The van der Waals surface area contributed by atoms with Crippen LogP contribution in [0.25, 0.3) is 5.57 Å². The average Bonchev–Trinajstić information content (AvgIpc) is 2.74. The van der Waals surface area contributed by atoms with E-state index in [0.717, 1.165) is 29.7 Å². The van der Waals surface area contributed by atoms with Gasteiger partial charge in [-0.25, -0.2) is 0 Å². The Labute approximate surface area is 175 Å². The van der Waals surface area contributed by atoms with Crippen molar-refractivity contribution < 1.29 is 13.5 Å². The molecule has 0 aliphatic heterocycles. The van der Waals surface area contributed by atoms with Gasteiger partial charge in [-0.2, -0.15) is 8.78 Å². The van der Waals surface area contributed by atoms with Crippen LogP contribution in [0.4, 0.5) is 8.78 Å². The largest absolute Gasteiger partial charge is 0.435 e. The zero-order valence-electron chi connectivity index (χ0n) is 18.1. The molecule has 1 unspecified atom stereocenters. The van der Waals surface area contributed by atoms with Crippen LogP contribution in [0, 0.1) is 17.8 Å². The van der Waals surface area contributed by atoms with Crippen LogP contribution < -0.4 is 4.74 Å². The second kappa shape index (κ2) is 11.7. The molecule has 0 heterocycles. The molecular weight excluding hydrogens is 366 g/mol. The molecule has 2 aliphatic carbocycles. The van der Waals surface area contributed by atoms with E-state index in [1.165, 1.54) is 82.6 Å². The Morgan fingerprint density at radius 2 is 1.62 bits per heavy atom. The van der Waals surface area contributed by atoms with Gasteiger partial charge in [0.05, 0.1) is 0 Å². The summed E-state index contributed by atoms with van der Waals surface area (Å²) in [6.45, 7) is -0.474. The van der Waals surface area contributed by atoms with Crippen molar-refractivity contribution in [3.05, 3.63) is 35.9 Å². The van der Waals surface area contributed by atoms with E-state index in [9.17, 15) is 8.78 Å². The van der Waals surface area contributed by atoms with E-state index in [-0.39, 0.29) is 5.75 Å². The predicted molar refractivity (Wildman–Crippen MR) is 117 cm³/mol. The van der Waals surface area contributed by atoms with Crippen molar-refractivity contribution in [2.45, 2.75) is 97.0 Å². The molecule has 0 radical (unpaired) electrons. The Hall–Kier alpha value is -1.38. The quantitative estimate of drug-likeness (QED) is 0.355. The van der Waals surface area contributed by atoms with E-state index in [1.54, 1.807) is 12.1 Å². The Balaban J connectivity index is 1.40. The molecule has 1 aromatic carbocycles. The van der Waals surface area contributed by atoms with Gasteiger partial charge in [0.25, 0.3) is 0 Å². The molecule has 2 aliphatic rings. The lowest BCUT2D eigenvalue weighted by molar-refractivity contribution is -0.0498. The maximum absolute atomic E-state index is 12.3. The molecular formula is C26H38F2O. The lowest BCUT2D eigenvalue weighted by Gasteiger charge is -2.35. The molecule has 0 spiro atoms. The van der Waals surface area contributed by atoms with Crippen LogP contribution in [0.5, 0.6) is 5.75 Å². The number of allylic oxidation sites excluding steroid dienone is 2. The van der Waals surface area contributed by atoms with Gasteiger partial charge >= 0.3 is 6.61 Å². The fourth-order valence-electron chi connectivity index (χ4n) is 5.38. The third-order valence-electron chi connectivity index (χ3n) is 7.18. The zero-order valence-corrected chi connectivity index (χ0v) is 18.1. The summed E-state index contributed by atoms with van der Waals surface area (Å²) >= 11 is 0. The number of halogens is 2. The predicted octanol–water partition coefficient (Wildman–Crippen LogP) is 8.64. The van der Waals surface area contributed by atoms with Gasteiger partial charge in [-0.15, -0.1) is 0 Å². The number of hydrogen-bond acceptors (Lipinski definition) is 1. The van der Waals surface area contributed by atoms with Crippen LogP contribution in [-0.2, 0) is 0 Å². The number of unbranched alkanes of at least 4 members (excludes halogenated alkanes) is 4. The fourth-order valence-corrected chi connectivity index (χ4v) is 5.38. The number of hydrogen-bond donors (Lipinski definition) is 0. The molecule has 29 heavy (non-hydrogen) atoms. The summed E-state index contributed by atoms with van der Waals surface area (Å²) in [5.41, 5.74) is 2.52. The topological polar surface area (TPSA) is 9.23 Å². The zero-order chi connectivity index (χ0) is 20.5. The number of rotatable bonds is 10. The molecule has 0 saturated heterocycles. The van der Waals surface area contributed by atoms with Crippen molar-refractivity contribution in [2.75, 3.05) is 0 Å². The summed E-state index contributed by atoms with van der Waals surface area (Å²) in [5.74, 6) is 2.97. The minimum atomic E-state index is -2.76. The molecule has 1 fully saturated rings. The van der Waals surface area contributed by atoms with Gasteiger partial charge in [-0.3, -0.25) is 0 Å². The van der Waals surface area contributed by atoms with Gasteiger partial charge < -0.3 is 4.74 Å². The molecule has 1 atom stereocenters. The second-order valence-corrected chi connectivity index (χ2v) is 9.15. The molecule has 1 aromatic rings. The minimum absolute atomic E-state index is 0.236. The van der Waals surface area contributed by atoms with Crippen molar-refractivity contribution in [1.29, 1.82) is 0 Å². The highest BCUT2D eigenvalue weighted by molar-refractivity contribution is 5.66. The number of ether oxygens (including phenoxy) is 1. The Morgan fingerprint density at radius 3 is 2.24 bits per heavy atom. The highest BCUT2D eigenvalue weighted by Gasteiger charge is 2.28. The van der Waals surface area contributed by atoms with E-state index < -0.39 is 6.61 Å². The molecule has 0 bridgehead atoms. The van der Waals surface area contributed by atoms with E-state index in [4.69, 9.17) is 0 Å². The van der Waals surface area contributed by atoms with Crippen molar-refractivity contribution in [1.82, 2.24) is 0 Å². The molecule has 3 rings (SSSR count). The maximum Gasteiger partial charge on any atom is 0.387 e. The second-order valence-electron chi connectivity index (χ2n) is 9.15. The summed E-state index contributed by atoms with van der Waals surface area (Å²) in [5, 5.41) is 0. The van der Waals surface area contributed by atoms with Crippen LogP contribution in [0.15, 0.2) is 30.3 Å². The Kier molecular flexibility index (Phi) is 9.01. The molecule has 3 heteroatoms. The number of alkyl halides is 2. The lowest BCUT2D eigenvalue weighted by Crippen LogP contribution is -2.23. The SMILES string of the molecule is CCCCCCCC1CCC(C2CC=C(c3ccc(OC(F)F)cc3)CC2)CC1. The van der Waals surface area contributed by atoms with Crippen LogP contribution in [0.2, 0.25) is 0 Å². The summed E-state index contributed by atoms with van der Waals surface area (Å²) < 4.78 is 29.0. The monoisotopic (exact) mass is 404 g/mol.